The Hall–Kier alpha value is -1.06. The first-order chi connectivity index (χ1) is 16.3. The quantitative estimate of drug-likeness (QED) is 0.139. The molecule has 1 fully saturated rings. The molecule has 0 radical (unpaired) electrons. The lowest BCUT2D eigenvalue weighted by Crippen LogP contribution is -2.35. The van der Waals surface area contributed by atoms with Crippen molar-refractivity contribution in [2.45, 2.75) is 156 Å². The van der Waals surface area contributed by atoms with Gasteiger partial charge in [-0.05, 0) is 50.4 Å². The van der Waals surface area contributed by atoms with Gasteiger partial charge < -0.3 is 9.84 Å². The second-order valence-electron chi connectivity index (χ2n) is 11.7. The molecule has 0 amide bonds. The summed E-state index contributed by atoms with van der Waals surface area (Å²) in [6.45, 7) is 9.13. The van der Waals surface area contributed by atoms with Crippen LogP contribution < -0.4 is 0 Å². The van der Waals surface area contributed by atoms with Gasteiger partial charge in [0.15, 0.2) is 0 Å². The van der Waals surface area contributed by atoms with Crippen molar-refractivity contribution >= 4 is 11.9 Å². The van der Waals surface area contributed by atoms with Gasteiger partial charge in [0.1, 0.15) is 6.10 Å². The van der Waals surface area contributed by atoms with E-state index in [0.717, 1.165) is 50.4 Å². The second-order valence-corrected chi connectivity index (χ2v) is 11.7. The summed E-state index contributed by atoms with van der Waals surface area (Å²) in [5, 5.41) is 9.55. The second kappa shape index (κ2) is 19.2. The first-order valence-electron chi connectivity index (χ1n) is 14.7. The summed E-state index contributed by atoms with van der Waals surface area (Å²) in [6, 6.07) is 0. The van der Waals surface area contributed by atoms with Crippen LogP contribution in [-0.4, -0.2) is 23.1 Å². The van der Waals surface area contributed by atoms with Gasteiger partial charge in [0.05, 0.1) is 11.8 Å². The third-order valence-electron chi connectivity index (χ3n) is 7.53. The van der Waals surface area contributed by atoms with E-state index in [4.69, 9.17) is 4.74 Å². The monoisotopic (exact) mass is 480 g/mol. The van der Waals surface area contributed by atoms with Crippen molar-refractivity contribution in [1.82, 2.24) is 0 Å². The fourth-order valence-corrected chi connectivity index (χ4v) is 5.31. The molecule has 0 aromatic carbocycles. The van der Waals surface area contributed by atoms with Gasteiger partial charge in [0, 0.05) is 0 Å². The van der Waals surface area contributed by atoms with E-state index in [1.54, 1.807) is 0 Å². The summed E-state index contributed by atoms with van der Waals surface area (Å²) >= 11 is 0. The largest absolute Gasteiger partial charge is 0.481 e. The number of ether oxygens (including phenoxy) is 1. The maximum atomic E-state index is 12.9. The molecule has 0 bridgehead atoms. The van der Waals surface area contributed by atoms with Crippen LogP contribution in [0.1, 0.15) is 150 Å². The molecule has 0 saturated heterocycles. The van der Waals surface area contributed by atoms with Crippen molar-refractivity contribution in [3.8, 4) is 0 Å². The van der Waals surface area contributed by atoms with Crippen molar-refractivity contribution < 1.29 is 19.4 Å². The van der Waals surface area contributed by atoms with Crippen LogP contribution in [0.4, 0.5) is 0 Å². The van der Waals surface area contributed by atoms with Crippen LogP contribution in [-0.2, 0) is 14.3 Å². The average Bonchev–Trinajstić information content (AvgIpc) is 2.79. The fraction of sp³-hybridized carbons (Fsp3) is 0.933. The highest BCUT2D eigenvalue weighted by Crippen LogP contribution is 2.32. The Balaban J connectivity index is 2.37. The molecule has 0 aromatic rings. The van der Waals surface area contributed by atoms with E-state index in [0.29, 0.717) is 12.8 Å². The number of rotatable bonds is 20. The SMILES string of the molecule is CC(C)CCCCCCCCCCC(CCCCCC(C)C)OC(=O)C1CCCCC1C(=O)O. The maximum absolute atomic E-state index is 12.9. The highest BCUT2D eigenvalue weighted by Gasteiger charge is 2.37. The van der Waals surface area contributed by atoms with E-state index < -0.39 is 17.8 Å². The van der Waals surface area contributed by atoms with Crippen molar-refractivity contribution in [2.75, 3.05) is 0 Å². The number of carbonyl (C=O) groups excluding carboxylic acids is 1. The Morgan fingerprint density at radius 1 is 0.647 bits per heavy atom. The zero-order valence-electron chi connectivity index (χ0n) is 23.0. The lowest BCUT2D eigenvalue weighted by atomic mass is 9.79. The molecule has 1 saturated carbocycles. The minimum Gasteiger partial charge on any atom is -0.481 e. The molecule has 0 aliphatic heterocycles. The number of carboxylic acid groups (broad SMARTS) is 1. The van der Waals surface area contributed by atoms with Crippen molar-refractivity contribution in [3.05, 3.63) is 0 Å². The molecule has 0 aromatic heterocycles. The maximum Gasteiger partial charge on any atom is 0.310 e. The lowest BCUT2D eigenvalue weighted by molar-refractivity contribution is -0.164. The molecule has 1 aliphatic rings. The zero-order chi connectivity index (χ0) is 25.2. The highest BCUT2D eigenvalue weighted by molar-refractivity contribution is 5.81. The normalized spacial score (nSPS) is 19.5. The standard InChI is InChI=1S/C30H56O4/c1-24(2)18-12-9-7-5-6-8-10-14-20-26(21-15-11-13-19-25(3)4)34-30(33)28-23-17-16-22-27(28)29(31)32/h24-28H,5-23H2,1-4H3,(H,31,32). The predicted molar refractivity (Wildman–Crippen MR) is 142 cm³/mol. The van der Waals surface area contributed by atoms with Gasteiger partial charge in [0.2, 0.25) is 0 Å². The van der Waals surface area contributed by atoms with E-state index in [-0.39, 0.29) is 12.1 Å². The topological polar surface area (TPSA) is 63.6 Å². The smallest absolute Gasteiger partial charge is 0.310 e. The molecular weight excluding hydrogens is 424 g/mol. The van der Waals surface area contributed by atoms with Gasteiger partial charge >= 0.3 is 11.9 Å². The molecule has 3 atom stereocenters. The van der Waals surface area contributed by atoms with Gasteiger partial charge in [-0.2, -0.15) is 0 Å². The predicted octanol–water partition coefficient (Wildman–Crippen LogP) is 8.95. The Morgan fingerprint density at radius 3 is 1.47 bits per heavy atom. The van der Waals surface area contributed by atoms with Crippen molar-refractivity contribution in [2.24, 2.45) is 23.7 Å². The summed E-state index contributed by atoms with van der Waals surface area (Å²) in [7, 11) is 0. The molecule has 34 heavy (non-hydrogen) atoms. The third kappa shape index (κ3) is 15.0. The molecule has 4 nitrogen and oxygen atoms in total. The van der Waals surface area contributed by atoms with Gasteiger partial charge in [-0.25, -0.2) is 0 Å². The fourth-order valence-electron chi connectivity index (χ4n) is 5.31. The molecule has 200 valence electrons. The van der Waals surface area contributed by atoms with Gasteiger partial charge in [-0.15, -0.1) is 0 Å². The van der Waals surface area contributed by atoms with E-state index >= 15 is 0 Å². The summed E-state index contributed by atoms with van der Waals surface area (Å²) < 4.78 is 5.99. The Labute approximate surface area is 211 Å². The molecule has 1 rings (SSSR count). The van der Waals surface area contributed by atoms with E-state index in [9.17, 15) is 14.7 Å². The third-order valence-corrected chi connectivity index (χ3v) is 7.53. The number of esters is 1. The van der Waals surface area contributed by atoms with Crippen molar-refractivity contribution in [3.63, 3.8) is 0 Å². The van der Waals surface area contributed by atoms with Crippen LogP contribution in [0.25, 0.3) is 0 Å². The van der Waals surface area contributed by atoms with E-state index in [1.165, 1.54) is 70.6 Å². The molecule has 3 unspecified atom stereocenters. The minimum atomic E-state index is -0.837. The van der Waals surface area contributed by atoms with Crippen LogP contribution in [0.3, 0.4) is 0 Å². The van der Waals surface area contributed by atoms with Crippen LogP contribution in [0.5, 0.6) is 0 Å². The van der Waals surface area contributed by atoms with Gasteiger partial charge in [-0.1, -0.05) is 111 Å². The number of unbranched alkanes of at least 4 members (excludes halogenated alkanes) is 9. The molecule has 0 heterocycles. The van der Waals surface area contributed by atoms with E-state index in [2.05, 4.69) is 27.7 Å². The average molecular weight is 481 g/mol. The number of hydrogen-bond donors (Lipinski definition) is 1. The molecule has 1 N–H and O–H groups in total. The Bertz CT molecular complexity index is 528. The highest BCUT2D eigenvalue weighted by atomic mass is 16.5. The van der Waals surface area contributed by atoms with Gasteiger partial charge in [-0.3, -0.25) is 9.59 Å². The number of carboxylic acids is 1. The lowest BCUT2D eigenvalue weighted by Gasteiger charge is -2.29. The molecule has 4 heteroatoms. The first-order valence-corrected chi connectivity index (χ1v) is 14.7. The summed E-state index contributed by atoms with van der Waals surface area (Å²) in [5.41, 5.74) is 0. The molecule has 0 spiro atoms. The number of aliphatic carboxylic acids is 1. The summed E-state index contributed by atoms with van der Waals surface area (Å²) in [4.78, 5) is 24.5. The van der Waals surface area contributed by atoms with Crippen LogP contribution in [0.15, 0.2) is 0 Å². The Morgan fingerprint density at radius 2 is 1.03 bits per heavy atom. The van der Waals surface area contributed by atoms with Crippen LogP contribution >= 0.6 is 0 Å². The molecular formula is C30H56O4. The van der Waals surface area contributed by atoms with Gasteiger partial charge in [0.25, 0.3) is 0 Å². The molecule has 1 aliphatic carbocycles. The summed E-state index contributed by atoms with van der Waals surface area (Å²) in [5.74, 6) is -0.538. The minimum absolute atomic E-state index is 0.0426. The number of carbonyl (C=O) groups is 2. The van der Waals surface area contributed by atoms with Crippen LogP contribution in [0, 0.1) is 23.7 Å². The number of hydrogen-bond acceptors (Lipinski definition) is 3. The van der Waals surface area contributed by atoms with Crippen molar-refractivity contribution in [1.29, 1.82) is 0 Å². The Kier molecular flexibility index (Phi) is 17.5. The van der Waals surface area contributed by atoms with E-state index in [1.807, 2.05) is 0 Å². The zero-order valence-corrected chi connectivity index (χ0v) is 23.0. The first kappa shape index (κ1) is 31.0. The summed E-state index contributed by atoms with van der Waals surface area (Å²) in [6.07, 6.45) is 21.3. The van der Waals surface area contributed by atoms with Crippen LogP contribution in [0.2, 0.25) is 0 Å².